The second-order valence-corrected chi connectivity index (χ2v) is 10.3. The summed E-state index contributed by atoms with van der Waals surface area (Å²) >= 11 is 0. The first-order chi connectivity index (χ1) is 14.6. The largest absolute Gasteiger partial charge is 0.309 e. The Hall–Kier alpha value is -2.25. The third kappa shape index (κ3) is 3.34. The van der Waals surface area contributed by atoms with E-state index in [0.29, 0.717) is 18.0 Å². The van der Waals surface area contributed by atoms with Gasteiger partial charge in [0.1, 0.15) is 11.3 Å². The van der Waals surface area contributed by atoms with Crippen LogP contribution in [0.3, 0.4) is 0 Å². The third-order valence-electron chi connectivity index (χ3n) is 6.58. The first-order valence-corrected chi connectivity index (χ1v) is 12.5. The van der Waals surface area contributed by atoms with Crippen LogP contribution in [0.1, 0.15) is 55.6 Å². The van der Waals surface area contributed by atoms with Gasteiger partial charge in [0.15, 0.2) is 5.65 Å². The molecule has 0 saturated carbocycles. The molecule has 6 nitrogen and oxygen atoms in total. The van der Waals surface area contributed by atoms with Crippen molar-refractivity contribution in [2.45, 2.75) is 62.8 Å². The van der Waals surface area contributed by atoms with Crippen molar-refractivity contribution < 1.29 is 8.42 Å². The summed E-state index contributed by atoms with van der Waals surface area (Å²) in [5, 5.41) is 0. The lowest BCUT2D eigenvalue weighted by atomic mass is 9.92. The predicted molar refractivity (Wildman–Crippen MR) is 117 cm³/mol. The average molecular weight is 425 g/mol. The van der Waals surface area contributed by atoms with E-state index < -0.39 is 10.0 Å². The van der Waals surface area contributed by atoms with Crippen molar-refractivity contribution in [2.24, 2.45) is 0 Å². The molecular formula is C23H28N4O2S. The molecule has 158 valence electrons. The monoisotopic (exact) mass is 424 g/mol. The lowest BCUT2D eigenvalue weighted by molar-refractivity contribution is 0.273. The number of pyridine rings is 1. The molecule has 0 spiro atoms. The van der Waals surface area contributed by atoms with Gasteiger partial charge in [-0.3, -0.25) is 0 Å². The molecule has 1 aromatic carbocycles. The Morgan fingerprint density at radius 1 is 1.07 bits per heavy atom. The van der Waals surface area contributed by atoms with Gasteiger partial charge in [0.2, 0.25) is 10.0 Å². The zero-order valence-corrected chi connectivity index (χ0v) is 18.2. The highest BCUT2D eigenvalue weighted by Crippen LogP contribution is 2.32. The van der Waals surface area contributed by atoms with Crippen LogP contribution in [0.15, 0.2) is 41.4 Å². The first-order valence-electron chi connectivity index (χ1n) is 11.0. The third-order valence-corrected chi connectivity index (χ3v) is 8.48. The molecule has 7 heteroatoms. The second-order valence-electron chi connectivity index (χ2n) is 8.37. The van der Waals surface area contributed by atoms with E-state index in [1.54, 1.807) is 16.6 Å². The highest BCUT2D eigenvalue weighted by molar-refractivity contribution is 7.89. The van der Waals surface area contributed by atoms with Crippen LogP contribution in [-0.2, 0) is 29.3 Å². The molecule has 0 radical (unpaired) electrons. The minimum atomic E-state index is -3.45. The Labute approximate surface area is 178 Å². The number of benzene rings is 1. The Morgan fingerprint density at radius 2 is 1.83 bits per heavy atom. The number of hydrogen-bond donors (Lipinski definition) is 0. The Morgan fingerprint density at radius 3 is 2.60 bits per heavy atom. The van der Waals surface area contributed by atoms with Gasteiger partial charge in [0, 0.05) is 31.7 Å². The van der Waals surface area contributed by atoms with Gasteiger partial charge in [0.25, 0.3) is 0 Å². The SMILES string of the molecule is CCc1nc2cccnc2n1C1CCN(S(=O)(=O)c2ccc3c(c2)CCCC3)CC1. The fourth-order valence-corrected chi connectivity index (χ4v) is 6.49. The number of aromatic nitrogens is 3. The average Bonchev–Trinajstić information content (AvgIpc) is 3.17. The topological polar surface area (TPSA) is 68.1 Å². The lowest BCUT2D eigenvalue weighted by Crippen LogP contribution is -2.39. The molecule has 0 amide bonds. The van der Waals surface area contributed by atoms with Crippen molar-refractivity contribution in [1.29, 1.82) is 0 Å². The first kappa shape index (κ1) is 19.7. The van der Waals surface area contributed by atoms with Gasteiger partial charge < -0.3 is 4.57 Å². The standard InChI is InChI=1S/C23H28N4O2S/c1-2-22-25-21-8-5-13-24-23(21)27(22)19-11-14-26(15-12-19)30(28,29)20-10-9-17-6-3-4-7-18(17)16-20/h5,8-10,13,16,19H,2-4,6-7,11-12,14-15H2,1H3. The van der Waals surface area contributed by atoms with Crippen LogP contribution in [0, 0.1) is 0 Å². The Kier molecular flexibility index (Phi) is 5.11. The number of imidazole rings is 1. The second kappa shape index (κ2) is 7.78. The molecule has 3 heterocycles. The van der Waals surface area contributed by atoms with Crippen LogP contribution in [0.5, 0.6) is 0 Å². The van der Waals surface area contributed by atoms with Gasteiger partial charge in [0.05, 0.1) is 4.90 Å². The maximum atomic E-state index is 13.3. The highest BCUT2D eigenvalue weighted by atomic mass is 32.2. The molecule has 0 atom stereocenters. The molecule has 2 aromatic heterocycles. The highest BCUT2D eigenvalue weighted by Gasteiger charge is 2.32. The molecule has 30 heavy (non-hydrogen) atoms. The van der Waals surface area contributed by atoms with E-state index >= 15 is 0 Å². The summed E-state index contributed by atoms with van der Waals surface area (Å²) in [6.45, 7) is 3.16. The molecule has 2 aliphatic rings. The van der Waals surface area contributed by atoms with Crippen molar-refractivity contribution in [3.05, 3.63) is 53.5 Å². The van der Waals surface area contributed by atoms with E-state index in [2.05, 4.69) is 16.5 Å². The molecule has 0 unspecified atom stereocenters. The summed E-state index contributed by atoms with van der Waals surface area (Å²) < 4.78 is 30.5. The van der Waals surface area contributed by atoms with Crippen molar-refractivity contribution in [3.8, 4) is 0 Å². The van der Waals surface area contributed by atoms with E-state index in [0.717, 1.165) is 55.5 Å². The number of sulfonamides is 1. The van der Waals surface area contributed by atoms with Gasteiger partial charge in [-0.2, -0.15) is 4.31 Å². The van der Waals surface area contributed by atoms with E-state index in [1.807, 2.05) is 24.3 Å². The van der Waals surface area contributed by atoms with Gasteiger partial charge >= 0.3 is 0 Å². The molecule has 5 rings (SSSR count). The maximum Gasteiger partial charge on any atom is 0.243 e. The van der Waals surface area contributed by atoms with Gasteiger partial charge in [-0.25, -0.2) is 18.4 Å². The van der Waals surface area contributed by atoms with Crippen LogP contribution in [0.4, 0.5) is 0 Å². The molecule has 3 aromatic rings. The van der Waals surface area contributed by atoms with Crippen molar-refractivity contribution >= 4 is 21.2 Å². The summed E-state index contributed by atoms with van der Waals surface area (Å²) in [6.07, 6.45) is 8.59. The van der Waals surface area contributed by atoms with Crippen LogP contribution < -0.4 is 0 Å². The van der Waals surface area contributed by atoms with Crippen molar-refractivity contribution in [1.82, 2.24) is 18.8 Å². The number of fused-ring (bicyclic) bond motifs is 2. The minimum absolute atomic E-state index is 0.231. The fourth-order valence-electron chi connectivity index (χ4n) is 4.97. The fraction of sp³-hybridized carbons (Fsp3) is 0.478. The summed E-state index contributed by atoms with van der Waals surface area (Å²) in [5.41, 5.74) is 4.34. The Bertz CT molecular complexity index is 1180. The maximum absolute atomic E-state index is 13.3. The van der Waals surface area contributed by atoms with E-state index in [1.165, 1.54) is 17.5 Å². The van der Waals surface area contributed by atoms with Crippen molar-refractivity contribution in [3.63, 3.8) is 0 Å². The smallest absolute Gasteiger partial charge is 0.243 e. The summed E-state index contributed by atoms with van der Waals surface area (Å²) in [5.74, 6) is 1.03. The number of rotatable bonds is 4. The predicted octanol–water partition coefficient (Wildman–Crippen LogP) is 3.90. The molecular weight excluding hydrogens is 396 g/mol. The minimum Gasteiger partial charge on any atom is -0.309 e. The Balaban J connectivity index is 1.37. The van der Waals surface area contributed by atoms with Gasteiger partial charge in [-0.1, -0.05) is 13.0 Å². The quantitative estimate of drug-likeness (QED) is 0.637. The number of aryl methyl sites for hydroxylation is 3. The summed E-state index contributed by atoms with van der Waals surface area (Å²) in [4.78, 5) is 9.73. The zero-order valence-electron chi connectivity index (χ0n) is 17.4. The number of hydrogen-bond acceptors (Lipinski definition) is 4. The van der Waals surface area contributed by atoms with E-state index in [9.17, 15) is 8.42 Å². The van der Waals surface area contributed by atoms with Crippen molar-refractivity contribution in [2.75, 3.05) is 13.1 Å². The molecule has 0 N–H and O–H groups in total. The molecule has 1 aliphatic heterocycles. The van der Waals surface area contributed by atoms with Crippen LogP contribution >= 0.6 is 0 Å². The number of piperidine rings is 1. The van der Waals surface area contributed by atoms with Crippen LogP contribution in [0.25, 0.3) is 11.2 Å². The van der Waals surface area contributed by atoms with E-state index in [-0.39, 0.29) is 6.04 Å². The van der Waals surface area contributed by atoms with Gasteiger partial charge in [-0.05, 0) is 73.9 Å². The summed E-state index contributed by atoms with van der Waals surface area (Å²) in [6, 6.07) is 9.87. The zero-order chi connectivity index (χ0) is 20.7. The molecule has 1 saturated heterocycles. The molecule has 1 aliphatic carbocycles. The van der Waals surface area contributed by atoms with Crippen LogP contribution in [-0.4, -0.2) is 40.3 Å². The van der Waals surface area contributed by atoms with Crippen LogP contribution in [0.2, 0.25) is 0 Å². The molecule has 0 bridgehead atoms. The normalized spacial score (nSPS) is 18.6. The lowest BCUT2D eigenvalue weighted by Gasteiger charge is -2.33. The number of nitrogens with zero attached hydrogens (tertiary/aromatic N) is 4. The summed E-state index contributed by atoms with van der Waals surface area (Å²) in [7, 11) is -3.45. The van der Waals surface area contributed by atoms with E-state index in [4.69, 9.17) is 4.98 Å². The molecule has 1 fully saturated rings. The van der Waals surface area contributed by atoms with Gasteiger partial charge in [-0.15, -0.1) is 0 Å².